The molecule has 2 saturated carbocycles. The fourth-order valence-electron chi connectivity index (χ4n) is 3.74. The molecular formula is C19H24N2O. The number of H-pyrrole nitrogens is 1. The van der Waals surface area contributed by atoms with Crippen LogP contribution in [0.15, 0.2) is 30.5 Å². The van der Waals surface area contributed by atoms with Crippen LogP contribution >= 0.6 is 0 Å². The highest BCUT2D eigenvalue weighted by Crippen LogP contribution is 2.46. The third-order valence-corrected chi connectivity index (χ3v) is 5.30. The maximum atomic E-state index is 12.6. The molecule has 2 aliphatic carbocycles. The van der Waals surface area contributed by atoms with Gasteiger partial charge in [-0.3, -0.25) is 4.79 Å². The summed E-state index contributed by atoms with van der Waals surface area (Å²) in [5.74, 6) is 1.90. The van der Waals surface area contributed by atoms with Gasteiger partial charge in [0.05, 0.1) is 0 Å². The Morgan fingerprint density at radius 2 is 1.95 bits per heavy atom. The topological polar surface area (TPSA) is 36.1 Å². The number of aromatic nitrogens is 1. The second-order valence-electron chi connectivity index (χ2n) is 7.07. The van der Waals surface area contributed by atoms with Crippen LogP contribution in [0.2, 0.25) is 0 Å². The van der Waals surface area contributed by atoms with Gasteiger partial charge in [0.15, 0.2) is 0 Å². The lowest BCUT2D eigenvalue weighted by atomic mass is 10.0. The Morgan fingerprint density at radius 1 is 1.23 bits per heavy atom. The molecule has 1 amide bonds. The number of amides is 1. The zero-order valence-electron chi connectivity index (χ0n) is 13.2. The number of carbonyl (C=O) groups is 1. The van der Waals surface area contributed by atoms with Crippen LogP contribution in [0.4, 0.5) is 0 Å². The minimum atomic E-state index is 0.318. The number of nitrogens with one attached hydrogen (secondary N) is 1. The van der Waals surface area contributed by atoms with Gasteiger partial charge in [-0.25, -0.2) is 0 Å². The molecule has 0 radical (unpaired) electrons. The van der Waals surface area contributed by atoms with Gasteiger partial charge < -0.3 is 9.88 Å². The molecule has 1 aromatic heterocycles. The van der Waals surface area contributed by atoms with Crippen molar-refractivity contribution in [2.45, 2.75) is 44.6 Å². The smallest absolute Gasteiger partial charge is 0.222 e. The summed E-state index contributed by atoms with van der Waals surface area (Å²) in [6.45, 7) is 0. The minimum Gasteiger partial charge on any atom is -0.361 e. The summed E-state index contributed by atoms with van der Waals surface area (Å²) in [4.78, 5) is 17.8. The Balaban J connectivity index is 1.38. The lowest BCUT2D eigenvalue weighted by Gasteiger charge is -2.28. The first kappa shape index (κ1) is 13.9. The molecule has 2 aromatic rings. The Bertz CT molecular complexity index is 670. The second-order valence-corrected chi connectivity index (χ2v) is 7.07. The summed E-state index contributed by atoms with van der Waals surface area (Å²) >= 11 is 0. The van der Waals surface area contributed by atoms with Crippen molar-refractivity contribution in [3.05, 3.63) is 36.0 Å². The number of benzene rings is 1. The molecule has 2 fully saturated rings. The molecule has 1 heterocycles. The van der Waals surface area contributed by atoms with Crippen molar-refractivity contribution < 1.29 is 4.79 Å². The average molecular weight is 296 g/mol. The van der Waals surface area contributed by atoms with Crippen LogP contribution in [-0.2, 0) is 11.2 Å². The predicted octanol–water partition coefficient (Wildman–Crippen LogP) is 3.75. The van der Waals surface area contributed by atoms with Crippen LogP contribution in [0, 0.1) is 11.8 Å². The standard InChI is InChI=1S/C19H24N2O/c1-21(19(14-4-5-14)15-6-7-15)18(22)9-3-13-2-8-17-16(12-13)10-11-20-17/h2,8,10-12,14-15,19-20H,3-7,9H2,1H3. The molecular weight excluding hydrogens is 272 g/mol. The summed E-state index contributed by atoms with van der Waals surface area (Å²) in [6, 6.07) is 9.04. The number of aromatic amines is 1. The second kappa shape index (κ2) is 5.45. The van der Waals surface area contributed by atoms with E-state index in [0.717, 1.165) is 23.8 Å². The summed E-state index contributed by atoms with van der Waals surface area (Å²) in [5, 5.41) is 1.23. The monoisotopic (exact) mass is 296 g/mol. The van der Waals surface area contributed by atoms with Crippen LogP contribution in [0.3, 0.4) is 0 Å². The van der Waals surface area contributed by atoms with Gasteiger partial charge in [0.1, 0.15) is 0 Å². The van der Waals surface area contributed by atoms with Crippen molar-refractivity contribution >= 4 is 16.8 Å². The molecule has 0 spiro atoms. The first-order valence-electron chi connectivity index (χ1n) is 8.54. The van der Waals surface area contributed by atoms with Gasteiger partial charge in [0.2, 0.25) is 5.91 Å². The van der Waals surface area contributed by atoms with Crippen LogP contribution in [0.5, 0.6) is 0 Å². The lowest BCUT2D eigenvalue weighted by molar-refractivity contribution is -0.132. The van der Waals surface area contributed by atoms with Crippen molar-refractivity contribution in [1.82, 2.24) is 9.88 Å². The molecule has 0 bridgehead atoms. The summed E-state index contributed by atoms with van der Waals surface area (Å²) in [5.41, 5.74) is 2.41. The molecule has 2 aliphatic rings. The highest BCUT2D eigenvalue weighted by Gasteiger charge is 2.44. The maximum absolute atomic E-state index is 12.6. The molecule has 4 rings (SSSR count). The van der Waals surface area contributed by atoms with E-state index in [1.807, 2.05) is 13.2 Å². The number of carbonyl (C=O) groups excluding carboxylic acids is 1. The number of nitrogens with zero attached hydrogens (tertiary/aromatic N) is 1. The summed E-state index contributed by atoms with van der Waals surface area (Å²) in [6.07, 6.45) is 8.72. The molecule has 3 nitrogen and oxygen atoms in total. The Morgan fingerprint density at radius 3 is 2.64 bits per heavy atom. The SMILES string of the molecule is CN(C(=O)CCc1ccc2[nH]ccc2c1)C(C1CC1)C1CC1. The van der Waals surface area contributed by atoms with Crippen molar-refractivity contribution in [2.24, 2.45) is 11.8 Å². The van der Waals surface area contributed by atoms with Gasteiger partial charge in [0.25, 0.3) is 0 Å². The fourth-order valence-corrected chi connectivity index (χ4v) is 3.74. The minimum absolute atomic E-state index is 0.318. The zero-order chi connectivity index (χ0) is 15.1. The van der Waals surface area contributed by atoms with Crippen LogP contribution in [-0.4, -0.2) is 28.9 Å². The van der Waals surface area contributed by atoms with Crippen molar-refractivity contribution in [3.8, 4) is 0 Å². The number of hydrogen-bond donors (Lipinski definition) is 1. The normalized spacial score (nSPS) is 18.1. The van der Waals surface area contributed by atoms with Crippen molar-refractivity contribution in [2.75, 3.05) is 7.05 Å². The fraction of sp³-hybridized carbons (Fsp3) is 0.526. The maximum Gasteiger partial charge on any atom is 0.222 e. The zero-order valence-corrected chi connectivity index (χ0v) is 13.2. The van der Waals surface area contributed by atoms with E-state index in [0.29, 0.717) is 18.4 Å². The highest BCUT2D eigenvalue weighted by atomic mass is 16.2. The Labute approximate surface area is 131 Å². The van der Waals surface area contributed by atoms with E-state index in [4.69, 9.17) is 0 Å². The number of fused-ring (bicyclic) bond motifs is 1. The molecule has 116 valence electrons. The Hall–Kier alpha value is -1.77. The third kappa shape index (κ3) is 2.77. The van der Waals surface area contributed by atoms with E-state index in [-0.39, 0.29) is 0 Å². The van der Waals surface area contributed by atoms with Crippen molar-refractivity contribution in [1.29, 1.82) is 0 Å². The highest BCUT2D eigenvalue weighted by molar-refractivity contribution is 5.80. The summed E-state index contributed by atoms with van der Waals surface area (Å²) in [7, 11) is 2.03. The van der Waals surface area contributed by atoms with E-state index >= 15 is 0 Å². The van der Waals surface area contributed by atoms with E-state index in [1.165, 1.54) is 36.6 Å². The van der Waals surface area contributed by atoms with E-state index in [9.17, 15) is 4.79 Å². The van der Waals surface area contributed by atoms with E-state index in [1.54, 1.807) is 0 Å². The molecule has 0 atom stereocenters. The number of aryl methyl sites for hydroxylation is 1. The molecule has 1 aromatic carbocycles. The number of hydrogen-bond acceptors (Lipinski definition) is 1. The van der Waals surface area contributed by atoms with E-state index < -0.39 is 0 Å². The molecule has 22 heavy (non-hydrogen) atoms. The van der Waals surface area contributed by atoms with Gasteiger partial charge in [-0.2, -0.15) is 0 Å². The van der Waals surface area contributed by atoms with Crippen LogP contribution in [0.25, 0.3) is 10.9 Å². The first-order chi connectivity index (χ1) is 10.7. The molecule has 3 heteroatoms. The predicted molar refractivity (Wildman–Crippen MR) is 88.6 cm³/mol. The molecule has 1 N–H and O–H groups in total. The number of rotatable bonds is 6. The Kier molecular flexibility index (Phi) is 3.44. The largest absolute Gasteiger partial charge is 0.361 e. The molecule has 0 aliphatic heterocycles. The quantitative estimate of drug-likeness (QED) is 0.866. The lowest BCUT2D eigenvalue weighted by Crippen LogP contribution is -2.40. The van der Waals surface area contributed by atoms with Gasteiger partial charge in [0, 0.05) is 31.2 Å². The molecule has 0 saturated heterocycles. The van der Waals surface area contributed by atoms with E-state index in [2.05, 4.69) is 34.1 Å². The summed E-state index contributed by atoms with van der Waals surface area (Å²) < 4.78 is 0. The first-order valence-corrected chi connectivity index (χ1v) is 8.54. The molecule has 0 unspecified atom stereocenters. The van der Waals surface area contributed by atoms with Crippen LogP contribution in [0.1, 0.15) is 37.7 Å². The van der Waals surface area contributed by atoms with Crippen LogP contribution < -0.4 is 0 Å². The van der Waals surface area contributed by atoms with Gasteiger partial charge in [-0.05, 0) is 73.1 Å². The van der Waals surface area contributed by atoms with Gasteiger partial charge >= 0.3 is 0 Å². The van der Waals surface area contributed by atoms with Crippen molar-refractivity contribution in [3.63, 3.8) is 0 Å². The van der Waals surface area contributed by atoms with Gasteiger partial charge in [-0.1, -0.05) is 6.07 Å². The average Bonchev–Trinajstić information content (AvgIpc) is 3.45. The third-order valence-electron chi connectivity index (χ3n) is 5.30. The van der Waals surface area contributed by atoms with Gasteiger partial charge in [-0.15, -0.1) is 0 Å².